The second kappa shape index (κ2) is 26.6. The van der Waals surface area contributed by atoms with Gasteiger partial charge in [0.05, 0.1) is 28.7 Å². The van der Waals surface area contributed by atoms with Crippen LogP contribution in [0.1, 0.15) is 6.42 Å². The summed E-state index contributed by atoms with van der Waals surface area (Å²) in [6.07, 6.45) is -10.4. The van der Waals surface area contributed by atoms with E-state index in [0.29, 0.717) is 0 Å². The van der Waals surface area contributed by atoms with Crippen LogP contribution in [0.25, 0.3) is 0 Å². The number of hydrogen-bond acceptors (Lipinski definition) is 16. The van der Waals surface area contributed by atoms with E-state index in [0.717, 1.165) is 0 Å². The summed E-state index contributed by atoms with van der Waals surface area (Å²) in [5.41, 5.74) is 0. The third kappa shape index (κ3) is 36.4. The van der Waals surface area contributed by atoms with Crippen LogP contribution in [-0.4, -0.2) is 101 Å². The first kappa shape index (κ1) is 53.6. The van der Waals surface area contributed by atoms with Gasteiger partial charge in [0.25, 0.3) is 0 Å². The van der Waals surface area contributed by atoms with Gasteiger partial charge in [-0.3, -0.25) is 4.79 Å². The van der Waals surface area contributed by atoms with Crippen LogP contribution in [0.3, 0.4) is 0 Å². The molecule has 25 heteroatoms. The minimum Gasteiger partial charge on any atom is -0.790 e. The second-order valence-corrected chi connectivity index (χ2v) is 7.38. The molecule has 0 aromatic heterocycles. The molecule has 9 N–H and O–H groups in total. The van der Waals surface area contributed by atoms with E-state index in [4.69, 9.17) is 46.0 Å². The molecule has 0 aliphatic carbocycles. The number of aliphatic carboxylic acids is 3. The van der Waals surface area contributed by atoms with Gasteiger partial charge in [0.2, 0.25) is 0 Å². The minimum atomic E-state index is -5.68. The number of carboxylic acids is 3. The maximum atomic E-state index is 10.1. The van der Waals surface area contributed by atoms with Crippen LogP contribution in [0.4, 0.5) is 0 Å². The maximum Gasteiger partial charge on any atom is 1.00 e. The molecule has 0 heterocycles. The molecule has 19 nitrogen and oxygen atoms in total. The largest absolute Gasteiger partial charge is 1.00 e. The fraction of sp³-hybridized carbons (Fsp3) is 0.700. The van der Waals surface area contributed by atoms with E-state index in [1.807, 2.05) is 0 Å². The first-order chi connectivity index (χ1) is 13.7. The summed E-state index contributed by atoms with van der Waals surface area (Å²) in [4.78, 5) is 66.8. The Morgan fingerprint density at radius 3 is 1.20 bits per heavy atom. The standard InChI is InChI=1S/C6H12O7.C4H6O5.4Na.H4O7P2/c7-1-2(8)3(9)4(10)5(11)6(12)13;5-2(4(8)9)1-3(6)7;;;;;1-8(2,3)7-9(4,5)6/h2-5,7-11H,1H2,(H,12,13);2,5H,1H2,(H,6,7)(H,8,9);;;;;(H2,1,2,3)(H2,4,5,6)/q;;4*+1;/p-4. The normalized spacial score (nSPS) is 14.3. The van der Waals surface area contributed by atoms with Crippen LogP contribution in [0, 0.1) is 0 Å². The predicted octanol–water partition coefficient (Wildman–Crippen LogP) is -19.9. The molecule has 0 spiro atoms. The summed E-state index contributed by atoms with van der Waals surface area (Å²) in [5.74, 6) is -4.57. The monoisotopic (exact) mass is 596 g/mol. The van der Waals surface area contributed by atoms with Crippen molar-refractivity contribution in [2.75, 3.05) is 6.61 Å². The minimum absolute atomic E-state index is 0. The summed E-state index contributed by atoms with van der Waals surface area (Å²) in [5, 5.41) is 76.0. The first-order valence-corrected chi connectivity index (χ1v) is 10.0. The first-order valence-electron chi connectivity index (χ1n) is 7.10. The summed E-state index contributed by atoms with van der Waals surface area (Å²) in [7, 11) is -11.4. The summed E-state index contributed by atoms with van der Waals surface area (Å²) in [6, 6.07) is 0. The molecule has 0 aromatic rings. The Morgan fingerprint density at radius 2 is 1.06 bits per heavy atom. The van der Waals surface area contributed by atoms with Gasteiger partial charge in [0, 0.05) is 0 Å². The molecule has 186 valence electrons. The van der Waals surface area contributed by atoms with Crippen LogP contribution in [0.5, 0.6) is 0 Å². The summed E-state index contributed by atoms with van der Waals surface area (Å²) in [6.45, 7) is -0.843. The van der Waals surface area contributed by atoms with Crippen LogP contribution in [0.15, 0.2) is 0 Å². The van der Waals surface area contributed by atoms with Crippen LogP contribution in [0.2, 0.25) is 0 Å². The molecule has 0 saturated heterocycles. The van der Waals surface area contributed by atoms with Gasteiger partial charge in [0.1, 0.15) is 18.3 Å². The van der Waals surface area contributed by atoms with E-state index in [-0.39, 0.29) is 118 Å². The number of carbonyl (C=O) groups is 3. The number of carboxylic acid groups (broad SMARTS) is 3. The van der Waals surface area contributed by atoms with Crippen molar-refractivity contribution in [3.05, 3.63) is 0 Å². The number of aliphatic hydroxyl groups excluding tert-OH is 6. The van der Waals surface area contributed by atoms with E-state index in [1.54, 1.807) is 0 Å². The zero-order valence-corrected chi connectivity index (χ0v) is 28.6. The van der Waals surface area contributed by atoms with Gasteiger partial charge in [-0.1, -0.05) is 0 Å². The molecule has 0 aliphatic heterocycles. The smallest absolute Gasteiger partial charge is 0.790 e. The van der Waals surface area contributed by atoms with E-state index in [9.17, 15) is 43.1 Å². The molecule has 0 bridgehead atoms. The Labute approximate surface area is 285 Å². The molecule has 0 fully saturated rings. The summed E-state index contributed by atoms with van der Waals surface area (Å²) >= 11 is 0. The molecule has 5 atom stereocenters. The molecule has 0 amide bonds. The van der Waals surface area contributed by atoms with Crippen molar-refractivity contribution >= 4 is 33.6 Å². The van der Waals surface area contributed by atoms with Gasteiger partial charge < -0.3 is 79.0 Å². The third-order valence-electron chi connectivity index (χ3n) is 2.36. The Balaban J connectivity index is -0.0000000650. The average Bonchev–Trinajstić information content (AvgIpc) is 2.56. The fourth-order valence-corrected chi connectivity index (χ4v) is 2.02. The molecule has 5 unspecified atom stereocenters. The topological polar surface area (TPSA) is 369 Å². The third-order valence-corrected chi connectivity index (χ3v) is 3.96. The van der Waals surface area contributed by atoms with Crippen molar-refractivity contribution < 1.29 is 212 Å². The molecule has 35 heavy (non-hydrogen) atoms. The van der Waals surface area contributed by atoms with E-state index >= 15 is 0 Å². The van der Waals surface area contributed by atoms with Crippen molar-refractivity contribution in [1.82, 2.24) is 0 Å². The second-order valence-electron chi connectivity index (χ2n) is 4.94. The van der Waals surface area contributed by atoms with Crippen molar-refractivity contribution in [2.45, 2.75) is 36.9 Å². The van der Waals surface area contributed by atoms with Gasteiger partial charge in [0.15, 0.2) is 12.2 Å². The van der Waals surface area contributed by atoms with E-state index in [2.05, 4.69) is 4.31 Å². The van der Waals surface area contributed by atoms with Gasteiger partial charge in [-0.05, 0) is 0 Å². The average molecular weight is 596 g/mol. The van der Waals surface area contributed by atoms with Gasteiger partial charge in [-0.25, -0.2) is 9.59 Å². The Morgan fingerprint density at radius 1 is 0.714 bits per heavy atom. The van der Waals surface area contributed by atoms with Gasteiger partial charge in [-0.2, -0.15) is 0 Å². The van der Waals surface area contributed by atoms with Gasteiger partial charge >= 0.3 is 136 Å². The van der Waals surface area contributed by atoms with E-state index < -0.39 is 77.1 Å². The Hall–Kier alpha value is 2.43. The summed E-state index contributed by atoms with van der Waals surface area (Å²) < 4.78 is 21.2. The fourth-order valence-electron chi connectivity index (χ4n) is 1.04. The molecular formula is C10H18Na4O19P2. The maximum absolute atomic E-state index is 10.1. The Bertz CT molecular complexity index is 650. The van der Waals surface area contributed by atoms with Crippen LogP contribution < -0.4 is 138 Å². The number of phosphoric acid groups is 2. The van der Waals surface area contributed by atoms with Gasteiger partial charge in [-0.15, -0.1) is 0 Å². The Kier molecular flexibility index (Phi) is 40.8. The van der Waals surface area contributed by atoms with E-state index in [1.165, 1.54) is 0 Å². The molecular weight excluding hydrogens is 578 g/mol. The molecule has 0 radical (unpaired) electrons. The number of aliphatic hydroxyl groups is 6. The van der Waals surface area contributed by atoms with Crippen molar-refractivity contribution in [3.63, 3.8) is 0 Å². The van der Waals surface area contributed by atoms with Crippen molar-refractivity contribution in [1.29, 1.82) is 0 Å². The molecule has 0 aromatic carbocycles. The molecule has 0 saturated carbocycles. The zero-order valence-electron chi connectivity index (χ0n) is 18.8. The molecule has 0 aliphatic rings. The van der Waals surface area contributed by atoms with Crippen LogP contribution in [-0.2, 0) is 27.8 Å². The van der Waals surface area contributed by atoms with Crippen LogP contribution >= 0.6 is 15.6 Å². The molecule has 0 rings (SSSR count). The number of rotatable bonds is 10. The van der Waals surface area contributed by atoms with Crippen molar-refractivity contribution in [2.24, 2.45) is 0 Å². The quantitative estimate of drug-likeness (QED) is 0.0834. The van der Waals surface area contributed by atoms with Crippen molar-refractivity contribution in [3.8, 4) is 0 Å². The zero-order chi connectivity index (χ0) is 25.7. The predicted molar refractivity (Wildman–Crippen MR) is 80.9 cm³/mol. The SMILES string of the molecule is O=C(O)C(O)C(O)C(O)C(O)CO.O=C(O)CC(O)C(=O)O.O=P([O-])([O-])OP(=O)([O-])[O-].[Na+].[Na+].[Na+].[Na+]. The number of hydrogen-bond donors (Lipinski definition) is 9.